The predicted molar refractivity (Wildman–Crippen MR) is 93.6 cm³/mol. The number of halogens is 1. The Balaban J connectivity index is 1.70. The standard InChI is InChI=1S/C18H12ClN3O3/c1-10-7-15-16(20-9-10)22-18(25-15)12-8-11(4-5-13(12)19)21-17(23)14-3-2-6-24-14/h2-9H,1H3,(H,21,23). The fraction of sp³-hybridized carbons (Fsp3) is 0.0556. The summed E-state index contributed by atoms with van der Waals surface area (Å²) in [6.45, 7) is 1.92. The molecule has 0 fully saturated rings. The molecule has 0 spiro atoms. The Bertz CT molecular complexity index is 1070. The molecule has 4 aromatic rings. The molecular formula is C18H12ClN3O3. The first kappa shape index (κ1) is 15.4. The van der Waals surface area contributed by atoms with E-state index in [0.717, 1.165) is 5.56 Å². The van der Waals surface area contributed by atoms with Crippen LogP contribution in [-0.2, 0) is 0 Å². The van der Waals surface area contributed by atoms with Gasteiger partial charge in [0.1, 0.15) is 0 Å². The third kappa shape index (κ3) is 2.99. The van der Waals surface area contributed by atoms with E-state index in [2.05, 4.69) is 15.3 Å². The van der Waals surface area contributed by atoms with Crippen molar-refractivity contribution < 1.29 is 13.6 Å². The first-order valence-electron chi connectivity index (χ1n) is 7.48. The van der Waals surface area contributed by atoms with Gasteiger partial charge in [-0.25, -0.2) is 4.98 Å². The summed E-state index contributed by atoms with van der Waals surface area (Å²) < 4.78 is 10.8. The molecule has 0 aliphatic carbocycles. The lowest BCUT2D eigenvalue weighted by molar-refractivity contribution is 0.0996. The van der Waals surface area contributed by atoms with Gasteiger partial charge in [0.05, 0.1) is 16.8 Å². The molecule has 0 atom stereocenters. The number of nitrogens with zero attached hydrogens (tertiary/aromatic N) is 2. The molecule has 1 N–H and O–H groups in total. The van der Waals surface area contributed by atoms with Gasteiger partial charge in [-0.1, -0.05) is 11.6 Å². The van der Waals surface area contributed by atoms with Gasteiger partial charge in [0.15, 0.2) is 17.0 Å². The number of hydrogen-bond donors (Lipinski definition) is 1. The highest BCUT2D eigenvalue weighted by Gasteiger charge is 2.15. The maximum Gasteiger partial charge on any atom is 0.291 e. The summed E-state index contributed by atoms with van der Waals surface area (Å²) in [5.41, 5.74) is 3.17. The zero-order valence-electron chi connectivity index (χ0n) is 13.1. The van der Waals surface area contributed by atoms with Crippen molar-refractivity contribution in [3.8, 4) is 11.5 Å². The van der Waals surface area contributed by atoms with Crippen LogP contribution in [-0.4, -0.2) is 15.9 Å². The molecule has 3 aromatic heterocycles. The second-order valence-electron chi connectivity index (χ2n) is 5.48. The third-order valence-electron chi connectivity index (χ3n) is 3.58. The number of carbonyl (C=O) groups excluding carboxylic acids is 1. The Morgan fingerprint density at radius 1 is 1.24 bits per heavy atom. The van der Waals surface area contributed by atoms with Crippen LogP contribution in [0.1, 0.15) is 16.1 Å². The number of rotatable bonds is 3. The zero-order chi connectivity index (χ0) is 17.4. The minimum atomic E-state index is -0.354. The molecule has 0 radical (unpaired) electrons. The van der Waals surface area contributed by atoms with E-state index < -0.39 is 0 Å². The number of carbonyl (C=O) groups is 1. The molecule has 25 heavy (non-hydrogen) atoms. The summed E-state index contributed by atoms with van der Waals surface area (Å²) >= 11 is 6.27. The van der Waals surface area contributed by atoms with Gasteiger partial charge in [0.25, 0.3) is 5.91 Å². The average molecular weight is 354 g/mol. The van der Waals surface area contributed by atoms with E-state index >= 15 is 0 Å². The van der Waals surface area contributed by atoms with E-state index in [4.69, 9.17) is 20.4 Å². The molecular weight excluding hydrogens is 342 g/mol. The SMILES string of the molecule is Cc1cnc2nc(-c3cc(NC(=O)c4ccco4)ccc3Cl)oc2c1. The van der Waals surface area contributed by atoms with Crippen molar-refractivity contribution in [1.82, 2.24) is 9.97 Å². The molecule has 6 nitrogen and oxygen atoms in total. The molecule has 1 aromatic carbocycles. The number of aromatic nitrogens is 2. The fourth-order valence-corrected chi connectivity index (χ4v) is 2.60. The van der Waals surface area contributed by atoms with Crippen LogP contribution in [0.3, 0.4) is 0 Å². The normalized spacial score (nSPS) is 11.0. The maximum absolute atomic E-state index is 12.1. The number of aryl methyl sites for hydroxylation is 1. The number of anilines is 1. The highest BCUT2D eigenvalue weighted by atomic mass is 35.5. The van der Waals surface area contributed by atoms with Gasteiger partial charge in [0.2, 0.25) is 5.89 Å². The molecule has 4 rings (SSSR count). The van der Waals surface area contributed by atoms with Crippen molar-refractivity contribution in [3.63, 3.8) is 0 Å². The van der Waals surface area contributed by atoms with Crippen molar-refractivity contribution >= 4 is 34.4 Å². The number of furan rings is 1. The first-order valence-corrected chi connectivity index (χ1v) is 7.86. The third-order valence-corrected chi connectivity index (χ3v) is 3.91. The maximum atomic E-state index is 12.1. The fourth-order valence-electron chi connectivity index (χ4n) is 2.40. The van der Waals surface area contributed by atoms with E-state index in [1.165, 1.54) is 6.26 Å². The largest absolute Gasteiger partial charge is 0.459 e. The average Bonchev–Trinajstić information content (AvgIpc) is 3.25. The van der Waals surface area contributed by atoms with Crippen molar-refractivity contribution in [2.24, 2.45) is 0 Å². The smallest absolute Gasteiger partial charge is 0.291 e. The van der Waals surface area contributed by atoms with Crippen molar-refractivity contribution in [2.75, 3.05) is 5.32 Å². The lowest BCUT2D eigenvalue weighted by atomic mass is 10.2. The summed E-state index contributed by atoms with van der Waals surface area (Å²) in [6, 6.07) is 10.1. The molecule has 124 valence electrons. The summed E-state index contributed by atoms with van der Waals surface area (Å²) in [5, 5.41) is 3.21. The quantitative estimate of drug-likeness (QED) is 0.577. The molecule has 0 saturated heterocycles. The Labute approximate surface area is 147 Å². The van der Waals surface area contributed by atoms with Crippen LogP contribution in [0.15, 0.2) is 57.7 Å². The Kier molecular flexibility index (Phi) is 3.74. The highest BCUT2D eigenvalue weighted by Crippen LogP contribution is 2.32. The van der Waals surface area contributed by atoms with Crippen LogP contribution in [0.5, 0.6) is 0 Å². The molecule has 0 aliphatic rings. The number of oxazole rings is 1. The van der Waals surface area contributed by atoms with Crippen LogP contribution >= 0.6 is 11.6 Å². The molecule has 0 unspecified atom stereocenters. The van der Waals surface area contributed by atoms with Gasteiger partial charge in [-0.05, 0) is 48.9 Å². The number of fused-ring (bicyclic) bond motifs is 1. The van der Waals surface area contributed by atoms with Crippen molar-refractivity contribution in [2.45, 2.75) is 6.92 Å². The minimum absolute atomic E-state index is 0.220. The molecule has 7 heteroatoms. The minimum Gasteiger partial charge on any atom is -0.459 e. The number of pyridine rings is 1. The number of nitrogens with one attached hydrogen (secondary N) is 1. The summed E-state index contributed by atoms with van der Waals surface area (Å²) in [5.74, 6) is 0.207. The molecule has 3 heterocycles. The molecule has 0 saturated carbocycles. The van der Waals surface area contributed by atoms with Crippen LogP contribution in [0.4, 0.5) is 5.69 Å². The summed E-state index contributed by atoms with van der Waals surface area (Å²) in [7, 11) is 0. The second-order valence-corrected chi connectivity index (χ2v) is 5.89. The van der Waals surface area contributed by atoms with Crippen molar-refractivity contribution in [3.05, 3.63) is 65.2 Å². The Morgan fingerprint density at radius 2 is 2.12 bits per heavy atom. The van der Waals surface area contributed by atoms with Crippen LogP contribution in [0.25, 0.3) is 22.7 Å². The van der Waals surface area contributed by atoms with E-state index in [-0.39, 0.29) is 11.7 Å². The Morgan fingerprint density at radius 3 is 2.92 bits per heavy atom. The van der Waals surface area contributed by atoms with Crippen LogP contribution in [0, 0.1) is 6.92 Å². The number of hydrogen-bond acceptors (Lipinski definition) is 5. The van der Waals surface area contributed by atoms with Gasteiger partial charge in [-0.3, -0.25) is 4.79 Å². The monoisotopic (exact) mass is 353 g/mol. The topological polar surface area (TPSA) is 81.2 Å². The van der Waals surface area contributed by atoms with Crippen LogP contribution < -0.4 is 5.32 Å². The van der Waals surface area contributed by atoms with Gasteiger partial charge in [-0.15, -0.1) is 0 Å². The zero-order valence-corrected chi connectivity index (χ0v) is 13.9. The number of amides is 1. The Hall–Kier alpha value is -3.12. The molecule has 0 aliphatic heterocycles. The first-order chi connectivity index (χ1) is 12.1. The molecule has 1 amide bonds. The highest BCUT2D eigenvalue weighted by molar-refractivity contribution is 6.33. The van der Waals surface area contributed by atoms with E-state index in [9.17, 15) is 4.79 Å². The van der Waals surface area contributed by atoms with E-state index in [1.807, 2.05) is 13.0 Å². The van der Waals surface area contributed by atoms with E-state index in [1.54, 1.807) is 36.5 Å². The van der Waals surface area contributed by atoms with Crippen molar-refractivity contribution in [1.29, 1.82) is 0 Å². The predicted octanol–water partition coefficient (Wildman–Crippen LogP) is 4.70. The summed E-state index contributed by atoms with van der Waals surface area (Å²) in [4.78, 5) is 20.7. The van der Waals surface area contributed by atoms with Gasteiger partial charge in [-0.2, -0.15) is 4.98 Å². The molecule has 0 bridgehead atoms. The van der Waals surface area contributed by atoms with Gasteiger partial charge < -0.3 is 14.2 Å². The lowest BCUT2D eigenvalue weighted by Crippen LogP contribution is -2.10. The number of benzene rings is 1. The van der Waals surface area contributed by atoms with E-state index in [0.29, 0.717) is 33.4 Å². The second kappa shape index (κ2) is 6.07. The lowest BCUT2D eigenvalue weighted by Gasteiger charge is -2.06. The van der Waals surface area contributed by atoms with Crippen LogP contribution in [0.2, 0.25) is 5.02 Å². The summed E-state index contributed by atoms with van der Waals surface area (Å²) in [6.07, 6.45) is 3.16. The van der Waals surface area contributed by atoms with Gasteiger partial charge in [0, 0.05) is 11.9 Å². The van der Waals surface area contributed by atoms with Gasteiger partial charge >= 0.3 is 0 Å².